The normalized spacial score (nSPS) is 14.5. The third-order valence-electron chi connectivity index (χ3n) is 4.76. The van der Waals surface area contributed by atoms with Crippen LogP contribution in [0.15, 0.2) is 58.8 Å². The summed E-state index contributed by atoms with van der Waals surface area (Å²) in [7, 11) is 0. The molecule has 28 heavy (non-hydrogen) atoms. The van der Waals surface area contributed by atoms with Crippen LogP contribution in [0, 0.1) is 0 Å². The van der Waals surface area contributed by atoms with Gasteiger partial charge in [-0.15, -0.1) is 11.3 Å². The van der Waals surface area contributed by atoms with E-state index in [9.17, 15) is 4.79 Å². The summed E-state index contributed by atoms with van der Waals surface area (Å²) in [6.45, 7) is 3.45. The molecule has 0 saturated carbocycles. The second-order valence-corrected chi connectivity index (χ2v) is 7.48. The van der Waals surface area contributed by atoms with Gasteiger partial charge in [0.15, 0.2) is 5.65 Å². The summed E-state index contributed by atoms with van der Waals surface area (Å²) in [5, 5.41) is 5.27. The summed E-state index contributed by atoms with van der Waals surface area (Å²) in [4.78, 5) is 30.2. The lowest BCUT2D eigenvalue weighted by Crippen LogP contribution is -2.44. The molecule has 1 saturated heterocycles. The van der Waals surface area contributed by atoms with E-state index < -0.39 is 0 Å². The van der Waals surface area contributed by atoms with Crippen molar-refractivity contribution in [2.45, 2.75) is 0 Å². The second-order valence-electron chi connectivity index (χ2n) is 6.53. The minimum atomic E-state index is -0.175. The lowest BCUT2D eigenvalue weighted by atomic mass is 10.3. The highest BCUT2D eigenvalue weighted by atomic mass is 32.1. The first-order valence-electron chi connectivity index (χ1n) is 9.16. The second kappa shape index (κ2) is 7.14. The van der Waals surface area contributed by atoms with Crippen LogP contribution in [0.5, 0.6) is 0 Å². The molecule has 0 spiro atoms. The van der Waals surface area contributed by atoms with Crippen molar-refractivity contribution in [1.29, 1.82) is 0 Å². The first-order chi connectivity index (χ1) is 13.8. The molecule has 140 valence electrons. The summed E-state index contributed by atoms with van der Waals surface area (Å²) in [5.74, 6) is 0.628. The highest BCUT2D eigenvalue weighted by Gasteiger charge is 2.19. The van der Waals surface area contributed by atoms with Crippen molar-refractivity contribution in [2.75, 3.05) is 31.1 Å². The maximum atomic E-state index is 13.4. The van der Waals surface area contributed by atoms with Crippen molar-refractivity contribution in [3.05, 3.63) is 64.4 Å². The van der Waals surface area contributed by atoms with Gasteiger partial charge in [-0.3, -0.25) is 9.36 Å². The number of benzene rings is 1. The number of nitrogens with one attached hydrogen (secondary N) is 1. The lowest BCUT2D eigenvalue weighted by molar-refractivity contribution is 0.580. The van der Waals surface area contributed by atoms with E-state index in [2.05, 4.69) is 20.2 Å². The summed E-state index contributed by atoms with van der Waals surface area (Å²) in [5.41, 5.74) is 2.14. The summed E-state index contributed by atoms with van der Waals surface area (Å²) in [6, 6.07) is 13.4. The van der Waals surface area contributed by atoms with E-state index in [-0.39, 0.29) is 5.56 Å². The van der Waals surface area contributed by atoms with E-state index >= 15 is 0 Å². The molecule has 1 N–H and O–H groups in total. The van der Waals surface area contributed by atoms with Gasteiger partial charge in [0.05, 0.1) is 16.8 Å². The highest BCUT2D eigenvalue weighted by Crippen LogP contribution is 2.23. The highest BCUT2D eigenvalue weighted by molar-refractivity contribution is 7.13. The SMILES string of the molecule is O=c1c(-c2cccs2)nc2cnc(N3CCNCC3)nc2n1-c1ccccc1. The van der Waals surface area contributed by atoms with Crippen molar-refractivity contribution in [3.63, 3.8) is 0 Å². The quantitative estimate of drug-likeness (QED) is 0.579. The number of piperazine rings is 1. The zero-order chi connectivity index (χ0) is 18.9. The lowest BCUT2D eigenvalue weighted by Gasteiger charge is -2.27. The molecule has 4 aromatic rings. The first-order valence-corrected chi connectivity index (χ1v) is 10.0. The van der Waals surface area contributed by atoms with Gasteiger partial charge >= 0.3 is 0 Å². The molecule has 0 atom stereocenters. The Morgan fingerprint density at radius 3 is 2.57 bits per heavy atom. The molecule has 1 aliphatic heterocycles. The third-order valence-corrected chi connectivity index (χ3v) is 5.63. The van der Waals surface area contributed by atoms with Gasteiger partial charge in [-0.1, -0.05) is 24.3 Å². The van der Waals surface area contributed by atoms with Gasteiger partial charge in [0.2, 0.25) is 5.95 Å². The molecular weight excluding hydrogens is 372 g/mol. The Balaban J connectivity index is 1.77. The fourth-order valence-electron chi connectivity index (χ4n) is 3.38. The van der Waals surface area contributed by atoms with Crippen LogP contribution in [0.25, 0.3) is 27.4 Å². The molecule has 0 unspecified atom stereocenters. The van der Waals surface area contributed by atoms with Crippen LogP contribution >= 0.6 is 11.3 Å². The fourth-order valence-corrected chi connectivity index (χ4v) is 4.08. The van der Waals surface area contributed by atoms with E-state index in [4.69, 9.17) is 4.98 Å². The molecule has 0 radical (unpaired) electrons. The molecule has 3 aromatic heterocycles. The molecule has 8 heteroatoms. The zero-order valence-electron chi connectivity index (χ0n) is 15.1. The minimum absolute atomic E-state index is 0.175. The number of aromatic nitrogens is 4. The maximum absolute atomic E-state index is 13.4. The largest absolute Gasteiger partial charge is 0.338 e. The number of rotatable bonds is 3. The van der Waals surface area contributed by atoms with Gasteiger partial charge in [-0.2, -0.15) is 4.98 Å². The van der Waals surface area contributed by atoms with Gasteiger partial charge in [0.1, 0.15) is 11.2 Å². The molecule has 1 aliphatic rings. The molecule has 0 amide bonds. The Kier molecular flexibility index (Phi) is 4.34. The number of fused-ring (bicyclic) bond motifs is 1. The van der Waals surface area contributed by atoms with Crippen molar-refractivity contribution in [3.8, 4) is 16.3 Å². The standard InChI is InChI=1S/C20H18N6OS/c27-19-17(16-7-4-12-28-16)23-15-13-22-20(25-10-8-21-9-11-25)24-18(15)26(19)14-5-2-1-3-6-14/h1-7,12-13,21H,8-11H2. The number of para-hydroxylation sites is 1. The van der Waals surface area contributed by atoms with E-state index in [1.54, 1.807) is 10.8 Å². The van der Waals surface area contributed by atoms with Crippen molar-refractivity contribution in [1.82, 2.24) is 24.8 Å². The molecule has 7 nitrogen and oxygen atoms in total. The Labute approximate surface area is 165 Å². The van der Waals surface area contributed by atoms with Crippen molar-refractivity contribution < 1.29 is 0 Å². The fraction of sp³-hybridized carbons (Fsp3) is 0.200. The number of thiophene rings is 1. The number of nitrogens with zero attached hydrogens (tertiary/aromatic N) is 5. The van der Waals surface area contributed by atoms with Crippen molar-refractivity contribution in [2.24, 2.45) is 0 Å². The van der Waals surface area contributed by atoms with Crippen LogP contribution in [-0.4, -0.2) is 45.7 Å². The Morgan fingerprint density at radius 2 is 1.82 bits per heavy atom. The van der Waals surface area contributed by atoms with E-state index in [1.807, 2.05) is 47.8 Å². The Morgan fingerprint density at radius 1 is 1.00 bits per heavy atom. The van der Waals surface area contributed by atoms with Gasteiger partial charge in [0, 0.05) is 26.2 Å². The number of hydrogen-bond donors (Lipinski definition) is 1. The van der Waals surface area contributed by atoms with Crippen LogP contribution in [0.2, 0.25) is 0 Å². The molecule has 0 bridgehead atoms. The van der Waals surface area contributed by atoms with Crippen LogP contribution < -0.4 is 15.8 Å². The maximum Gasteiger partial charge on any atom is 0.284 e. The van der Waals surface area contributed by atoms with Crippen LogP contribution in [-0.2, 0) is 0 Å². The van der Waals surface area contributed by atoms with Gasteiger partial charge in [-0.25, -0.2) is 9.97 Å². The predicted octanol–water partition coefficient (Wildman–Crippen LogP) is 2.31. The first kappa shape index (κ1) is 17.0. The summed E-state index contributed by atoms with van der Waals surface area (Å²) < 4.78 is 1.64. The molecular formula is C20H18N6OS. The van der Waals surface area contributed by atoms with Gasteiger partial charge in [0.25, 0.3) is 5.56 Å². The molecule has 1 fully saturated rings. The Hall–Kier alpha value is -3.10. The van der Waals surface area contributed by atoms with E-state index in [0.717, 1.165) is 36.7 Å². The average Bonchev–Trinajstić information content (AvgIpc) is 3.29. The third kappa shape index (κ3) is 2.96. The minimum Gasteiger partial charge on any atom is -0.338 e. The van der Waals surface area contributed by atoms with Crippen LogP contribution in [0.1, 0.15) is 0 Å². The smallest absolute Gasteiger partial charge is 0.284 e. The molecule has 5 rings (SSSR count). The number of anilines is 1. The number of hydrogen-bond acceptors (Lipinski definition) is 7. The molecule has 4 heterocycles. The monoisotopic (exact) mass is 390 g/mol. The van der Waals surface area contributed by atoms with E-state index in [0.29, 0.717) is 22.8 Å². The zero-order valence-corrected chi connectivity index (χ0v) is 15.9. The average molecular weight is 390 g/mol. The van der Waals surface area contributed by atoms with Gasteiger partial charge < -0.3 is 10.2 Å². The summed E-state index contributed by atoms with van der Waals surface area (Å²) in [6.07, 6.45) is 1.72. The van der Waals surface area contributed by atoms with E-state index in [1.165, 1.54) is 11.3 Å². The molecule has 0 aliphatic carbocycles. The van der Waals surface area contributed by atoms with Crippen LogP contribution in [0.4, 0.5) is 5.95 Å². The summed E-state index contributed by atoms with van der Waals surface area (Å²) >= 11 is 1.50. The molecule has 1 aromatic carbocycles. The van der Waals surface area contributed by atoms with Gasteiger partial charge in [-0.05, 0) is 23.6 Å². The predicted molar refractivity (Wildman–Crippen MR) is 111 cm³/mol. The van der Waals surface area contributed by atoms with Crippen molar-refractivity contribution >= 4 is 28.4 Å². The Bertz CT molecular complexity index is 1170. The van der Waals surface area contributed by atoms with Crippen LogP contribution in [0.3, 0.4) is 0 Å². The topological polar surface area (TPSA) is 75.9 Å².